The molecule has 1 aromatic carbocycles. The number of amides is 1. The molecule has 0 atom stereocenters. The minimum atomic E-state index is -0.222. The van der Waals surface area contributed by atoms with Crippen molar-refractivity contribution in [2.75, 3.05) is 13.6 Å². The van der Waals surface area contributed by atoms with Crippen LogP contribution in [0.15, 0.2) is 46.4 Å². The zero-order valence-electron chi connectivity index (χ0n) is 16.3. The van der Waals surface area contributed by atoms with Gasteiger partial charge in [0.25, 0.3) is 5.91 Å². The maximum Gasteiger partial charge on any atom is 0.275 e. The van der Waals surface area contributed by atoms with Crippen molar-refractivity contribution in [2.45, 2.75) is 46.5 Å². The summed E-state index contributed by atoms with van der Waals surface area (Å²) in [6, 6.07) is 6.54. The summed E-state index contributed by atoms with van der Waals surface area (Å²) in [4.78, 5) is 16.6. The molecule has 1 aliphatic carbocycles. The molecule has 0 spiro atoms. The van der Waals surface area contributed by atoms with Crippen molar-refractivity contribution in [3.63, 3.8) is 0 Å². The maximum absolute atomic E-state index is 12.5. The highest BCUT2D eigenvalue weighted by molar-refractivity contribution is 6.45. The third kappa shape index (κ3) is 4.97. The van der Waals surface area contributed by atoms with Crippen LogP contribution in [0.5, 0.6) is 0 Å². The Morgan fingerprint density at radius 3 is 2.54 bits per heavy atom. The molecule has 0 radical (unpaired) electrons. The van der Waals surface area contributed by atoms with Gasteiger partial charge in [-0.1, -0.05) is 18.2 Å². The van der Waals surface area contributed by atoms with Gasteiger partial charge in [-0.3, -0.25) is 9.79 Å². The van der Waals surface area contributed by atoms with Gasteiger partial charge in [0, 0.05) is 13.6 Å². The van der Waals surface area contributed by atoms with E-state index in [1.165, 1.54) is 34.9 Å². The van der Waals surface area contributed by atoms with E-state index in [9.17, 15) is 4.79 Å². The second-order valence-corrected chi connectivity index (χ2v) is 6.80. The molecular weight excluding hydrogens is 324 g/mol. The van der Waals surface area contributed by atoms with E-state index < -0.39 is 0 Å². The average Bonchev–Trinajstić information content (AvgIpc) is 2.56. The van der Waals surface area contributed by atoms with Gasteiger partial charge < -0.3 is 16.4 Å². The van der Waals surface area contributed by atoms with Crippen LogP contribution in [-0.2, 0) is 11.2 Å². The molecule has 5 heteroatoms. The highest BCUT2D eigenvalue weighted by Crippen LogP contribution is 2.27. The number of nitrogens with one attached hydrogen (secondary N) is 2. The molecule has 1 amide bonds. The standard InChI is InChI=1S/C21H30N4O/c1-14-8-9-17(12-15(14)2)10-11-24-20(18-6-5-7-18)25-21(26)19(23-4)16(3)13-22/h8-9,12-13,24H,5-7,10-11,22H2,1-4H3,(H,25,26)/b16-13-,23-19?. The van der Waals surface area contributed by atoms with Crippen LogP contribution in [0.4, 0.5) is 0 Å². The molecule has 1 fully saturated rings. The normalized spacial score (nSPS) is 14.7. The van der Waals surface area contributed by atoms with E-state index in [4.69, 9.17) is 5.73 Å². The predicted molar refractivity (Wildman–Crippen MR) is 108 cm³/mol. The number of nitrogens with zero attached hydrogens (tertiary/aromatic N) is 1. The third-order valence-electron chi connectivity index (χ3n) is 4.90. The lowest BCUT2D eigenvalue weighted by atomic mass is 9.92. The van der Waals surface area contributed by atoms with Crippen LogP contribution in [0.2, 0.25) is 0 Å². The first-order valence-electron chi connectivity index (χ1n) is 9.15. The Labute approximate surface area is 156 Å². The minimum Gasteiger partial charge on any atom is -0.404 e. The highest BCUT2D eigenvalue weighted by Gasteiger charge is 2.19. The van der Waals surface area contributed by atoms with Crippen molar-refractivity contribution in [3.05, 3.63) is 58.1 Å². The molecule has 26 heavy (non-hydrogen) atoms. The number of rotatable bonds is 7. The van der Waals surface area contributed by atoms with E-state index in [1.807, 2.05) is 0 Å². The SMILES string of the molecule is CN=C(C(=O)NC(NCCc1ccc(C)c(C)c1)=C1CCC1)/C(C)=C\N. The first kappa shape index (κ1) is 19.8. The number of carbonyl (C=O) groups is 1. The molecule has 1 aromatic rings. The highest BCUT2D eigenvalue weighted by atomic mass is 16.2. The number of nitrogens with two attached hydrogens (primary N) is 1. The molecule has 140 valence electrons. The van der Waals surface area contributed by atoms with Gasteiger partial charge >= 0.3 is 0 Å². The van der Waals surface area contributed by atoms with Gasteiger partial charge in [-0.2, -0.15) is 0 Å². The van der Waals surface area contributed by atoms with Gasteiger partial charge in [-0.15, -0.1) is 0 Å². The van der Waals surface area contributed by atoms with E-state index in [1.54, 1.807) is 14.0 Å². The molecule has 4 N–H and O–H groups in total. The zero-order valence-corrected chi connectivity index (χ0v) is 16.3. The number of aryl methyl sites for hydroxylation is 2. The van der Waals surface area contributed by atoms with E-state index in [2.05, 4.69) is 47.7 Å². The Bertz CT molecular complexity index is 753. The quantitative estimate of drug-likeness (QED) is 0.659. The van der Waals surface area contributed by atoms with Gasteiger partial charge in [0.05, 0.1) is 0 Å². The lowest BCUT2D eigenvalue weighted by molar-refractivity contribution is -0.114. The Kier molecular flexibility index (Phi) is 7.01. The molecule has 2 rings (SSSR count). The molecule has 0 unspecified atom stereocenters. The van der Waals surface area contributed by atoms with E-state index in [0.29, 0.717) is 11.3 Å². The first-order chi connectivity index (χ1) is 12.5. The van der Waals surface area contributed by atoms with Crippen molar-refractivity contribution in [2.24, 2.45) is 10.7 Å². The monoisotopic (exact) mass is 354 g/mol. The zero-order chi connectivity index (χ0) is 19.1. The molecule has 0 saturated heterocycles. The summed E-state index contributed by atoms with van der Waals surface area (Å²) in [5.74, 6) is 0.607. The molecule has 0 bridgehead atoms. The summed E-state index contributed by atoms with van der Waals surface area (Å²) in [6.07, 6.45) is 5.53. The number of hydrogen-bond donors (Lipinski definition) is 3. The second-order valence-electron chi connectivity index (χ2n) is 6.80. The average molecular weight is 354 g/mol. The molecule has 1 saturated carbocycles. The van der Waals surface area contributed by atoms with Gasteiger partial charge in [-0.05, 0) is 80.5 Å². The van der Waals surface area contributed by atoms with Crippen molar-refractivity contribution >= 4 is 11.6 Å². The van der Waals surface area contributed by atoms with Crippen molar-refractivity contribution in [1.82, 2.24) is 10.6 Å². The van der Waals surface area contributed by atoms with Crippen LogP contribution < -0.4 is 16.4 Å². The summed E-state index contributed by atoms with van der Waals surface area (Å²) < 4.78 is 0. The fraction of sp³-hybridized carbons (Fsp3) is 0.429. The summed E-state index contributed by atoms with van der Waals surface area (Å²) in [6.45, 7) is 6.81. The first-order valence-corrected chi connectivity index (χ1v) is 9.15. The van der Waals surface area contributed by atoms with Crippen molar-refractivity contribution in [1.29, 1.82) is 0 Å². The fourth-order valence-electron chi connectivity index (χ4n) is 2.86. The van der Waals surface area contributed by atoms with Crippen molar-refractivity contribution < 1.29 is 4.79 Å². The maximum atomic E-state index is 12.5. The van der Waals surface area contributed by atoms with Crippen molar-refractivity contribution in [3.8, 4) is 0 Å². The Morgan fingerprint density at radius 1 is 1.27 bits per heavy atom. The predicted octanol–water partition coefficient (Wildman–Crippen LogP) is 2.88. The lowest BCUT2D eigenvalue weighted by Crippen LogP contribution is -2.39. The van der Waals surface area contributed by atoms with Crippen LogP contribution in [0.1, 0.15) is 42.9 Å². The van der Waals surface area contributed by atoms with Gasteiger partial charge in [-0.25, -0.2) is 0 Å². The summed E-state index contributed by atoms with van der Waals surface area (Å²) in [5, 5.41) is 6.41. The van der Waals surface area contributed by atoms with Crippen LogP contribution >= 0.6 is 0 Å². The fourth-order valence-corrected chi connectivity index (χ4v) is 2.86. The largest absolute Gasteiger partial charge is 0.404 e. The van der Waals surface area contributed by atoms with Gasteiger partial charge in [0.15, 0.2) is 0 Å². The van der Waals surface area contributed by atoms with E-state index in [-0.39, 0.29) is 5.91 Å². The van der Waals surface area contributed by atoms with Gasteiger partial charge in [0.1, 0.15) is 11.5 Å². The summed E-state index contributed by atoms with van der Waals surface area (Å²) in [5.41, 5.74) is 11.7. The Balaban J connectivity index is 2.00. The Morgan fingerprint density at radius 2 is 2.00 bits per heavy atom. The topological polar surface area (TPSA) is 79.5 Å². The lowest BCUT2D eigenvalue weighted by Gasteiger charge is -2.24. The molecule has 0 aromatic heterocycles. The molecule has 5 nitrogen and oxygen atoms in total. The summed E-state index contributed by atoms with van der Waals surface area (Å²) in [7, 11) is 1.60. The number of hydrogen-bond acceptors (Lipinski definition) is 4. The Hall–Kier alpha value is -2.56. The van der Waals surface area contributed by atoms with E-state index in [0.717, 1.165) is 31.6 Å². The number of benzene rings is 1. The van der Waals surface area contributed by atoms with Crippen LogP contribution in [0, 0.1) is 13.8 Å². The molecule has 0 heterocycles. The number of allylic oxidation sites excluding steroid dienone is 1. The third-order valence-corrected chi connectivity index (χ3v) is 4.90. The second kappa shape index (κ2) is 9.22. The number of aliphatic imine (C=N–C) groups is 1. The number of carbonyl (C=O) groups excluding carboxylic acids is 1. The van der Waals surface area contributed by atoms with E-state index >= 15 is 0 Å². The summed E-state index contributed by atoms with van der Waals surface area (Å²) >= 11 is 0. The molecular formula is C21H30N4O. The molecule has 1 aliphatic rings. The molecule has 0 aliphatic heterocycles. The van der Waals surface area contributed by atoms with Crippen LogP contribution in [-0.4, -0.2) is 25.2 Å². The smallest absolute Gasteiger partial charge is 0.275 e. The van der Waals surface area contributed by atoms with Crippen LogP contribution in [0.3, 0.4) is 0 Å². The minimum absolute atomic E-state index is 0.222. The van der Waals surface area contributed by atoms with Crippen LogP contribution in [0.25, 0.3) is 0 Å². The van der Waals surface area contributed by atoms with Gasteiger partial charge in [0.2, 0.25) is 0 Å².